The second-order valence-electron chi connectivity index (χ2n) is 7.17. The number of fused-ring (bicyclic) bond motifs is 1. The lowest BCUT2D eigenvalue weighted by atomic mass is 9.86. The summed E-state index contributed by atoms with van der Waals surface area (Å²) in [6.45, 7) is 0. The van der Waals surface area contributed by atoms with Gasteiger partial charge in [-0.25, -0.2) is 4.79 Å². The minimum Gasteiger partial charge on any atom is -0.507 e. The van der Waals surface area contributed by atoms with Crippen molar-refractivity contribution in [3.05, 3.63) is 117 Å². The molecule has 0 aliphatic heterocycles. The maximum Gasteiger partial charge on any atom is 0.343 e. The summed E-state index contributed by atoms with van der Waals surface area (Å²) in [4.78, 5) is 25.6. The average Bonchev–Trinajstić information content (AvgIpc) is 2.78. The third kappa shape index (κ3) is 4.60. The van der Waals surface area contributed by atoms with E-state index < -0.39 is 11.5 Å². The summed E-state index contributed by atoms with van der Waals surface area (Å²) >= 11 is 6.02. The first-order valence-corrected chi connectivity index (χ1v) is 10.2. The molecule has 154 valence electrons. The lowest BCUT2D eigenvalue weighted by Crippen LogP contribution is -2.16. The largest absolute Gasteiger partial charge is 0.507 e. The molecule has 0 saturated carbocycles. The number of carbonyl (C=O) groups excluding carboxylic acids is 1. The summed E-state index contributed by atoms with van der Waals surface area (Å²) in [7, 11) is 0. The van der Waals surface area contributed by atoms with E-state index in [2.05, 4.69) is 0 Å². The van der Waals surface area contributed by atoms with Gasteiger partial charge in [0.05, 0.1) is 10.9 Å². The fourth-order valence-electron chi connectivity index (χ4n) is 3.56. The smallest absolute Gasteiger partial charge is 0.343 e. The van der Waals surface area contributed by atoms with E-state index in [0.717, 1.165) is 5.56 Å². The van der Waals surface area contributed by atoms with E-state index in [9.17, 15) is 14.7 Å². The molecule has 0 aliphatic carbocycles. The lowest BCUT2D eigenvalue weighted by Gasteiger charge is -2.17. The number of halogens is 1. The van der Waals surface area contributed by atoms with E-state index in [-0.39, 0.29) is 23.5 Å². The molecule has 0 saturated heterocycles. The zero-order valence-electron chi connectivity index (χ0n) is 16.5. The molecule has 4 nitrogen and oxygen atoms in total. The van der Waals surface area contributed by atoms with Crippen LogP contribution >= 0.6 is 11.6 Å². The third-order valence-electron chi connectivity index (χ3n) is 5.11. The van der Waals surface area contributed by atoms with Crippen LogP contribution in [0.3, 0.4) is 0 Å². The molecule has 31 heavy (non-hydrogen) atoms. The second-order valence-corrected chi connectivity index (χ2v) is 7.60. The zero-order valence-corrected chi connectivity index (χ0v) is 17.3. The highest BCUT2D eigenvalue weighted by Gasteiger charge is 2.26. The van der Waals surface area contributed by atoms with Crippen molar-refractivity contribution in [2.75, 3.05) is 0 Å². The van der Waals surface area contributed by atoms with Crippen molar-refractivity contribution in [2.24, 2.45) is 0 Å². The molecular weight excluding hydrogens is 412 g/mol. The summed E-state index contributed by atoms with van der Waals surface area (Å²) < 4.78 is 5.44. The summed E-state index contributed by atoms with van der Waals surface area (Å²) in [5, 5.41) is 11.9. The van der Waals surface area contributed by atoms with Crippen LogP contribution in [0.15, 0.2) is 94.2 Å². The van der Waals surface area contributed by atoms with E-state index in [4.69, 9.17) is 16.0 Å². The SMILES string of the molecule is O=C(/C=C/c1ccccc1)CC(c1ccc(Cl)cc1)c1c(O)c2ccccc2oc1=O. The van der Waals surface area contributed by atoms with Crippen molar-refractivity contribution in [1.29, 1.82) is 0 Å². The highest BCUT2D eigenvalue weighted by molar-refractivity contribution is 6.30. The van der Waals surface area contributed by atoms with Gasteiger partial charge in [0.1, 0.15) is 11.3 Å². The molecule has 1 unspecified atom stereocenters. The number of ketones is 1. The van der Waals surface area contributed by atoms with Gasteiger partial charge in [0.25, 0.3) is 0 Å². The summed E-state index contributed by atoms with van der Waals surface area (Å²) in [6, 6.07) is 23.1. The van der Waals surface area contributed by atoms with Crippen molar-refractivity contribution < 1.29 is 14.3 Å². The number of carbonyl (C=O) groups is 1. The van der Waals surface area contributed by atoms with Crippen LogP contribution in [-0.4, -0.2) is 10.9 Å². The van der Waals surface area contributed by atoms with Gasteiger partial charge in [-0.3, -0.25) is 4.79 Å². The van der Waals surface area contributed by atoms with Crippen LogP contribution in [0.1, 0.15) is 29.0 Å². The van der Waals surface area contributed by atoms with Gasteiger partial charge in [-0.2, -0.15) is 0 Å². The maximum atomic E-state index is 12.8. The topological polar surface area (TPSA) is 67.5 Å². The van der Waals surface area contributed by atoms with Crippen LogP contribution in [0.2, 0.25) is 5.02 Å². The molecule has 0 spiro atoms. The Morgan fingerprint density at radius 3 is 2.39 bits per heavy atom. The van der Waals surface area contributed by atoms with Crippen molar-refractivity contribution in [2.45, 2.75) is 12.3 Å². The first-order valence-electron chi connectivity index (χ1n) is 9.79. The third-order valence-corrected chi connectivity index (χ3v) is 5.36. The fraction of sp³-hybridized carbons (Fsp3) is 0.0769. The Labute approximate surface area is 184 Å². The predicted octanol–water partition coefficient (Wildman–Crippen LogP) is 5.96. The number of benzene rings is 3. The highest BCUT2D eigenvalue weighted by Crippen LogP contribution is 2.36. The zero-order chi connectivity index (χ0) is 21.8. The minimum atomic E-state index is -0.689. The van der Waals surface area contributed by atoms with Crippen LogP contribution in [-0.2, 0) is 4.79 Å². The number of hydrogen-bond donors (Lipinski definition) is 1. The van der Waals surface area contributed by atoms with Gasteiger partial charge >= 0.3 is 5.63 Å². The highest BCUT2D eigenvalue weighted by atomic mass is 35.5. The summed E-state index contributed by atoms with van der Waals surface area (Å²) in [5.74, 6) is -1.05. The fourth-order valence-corrected chi connectivity index (χ4v) is 3.69. The van der Waals surface area contributed by atoms with Crippen molar-refractivity contribution >= 4 is 34.4 Å². The van der Waals surface area contributed by atoms with Gasteiger partial charge in [-0.05, 0) is 41.5 Å². The molecule has 1 atom stereocenters. The molecule has 0 radical (unpaired) electrons. The number of aromatic hydroxyl groups is 1. The van der Waals surface area contributed by atoms with E-state index in [1.165, 1.54) is 6.08 Å². The van der Waals surface area contributed by atoms with Crippen LogP contribution < -0.4 is 5.63 Å². The lowest BCUT2D eigenvalue weighted by molar-refractivity contribution is -0.114. The van der Waals surface area contributed by atoms with Gasteiger partial charge in [0.2, 0.25) is 0 Å². The molecule has 1 heterocycles. The van der Waals surface area contributed by atoms with Crippen molar-refractivity contribution in [3.63, 3.8) is 0 Å². The first kappa shape index (κ1) is 20.6. The van der Waals surface area contributed by atoms with E-state index >= 15 is 0 Å². The van der Waals surface area contributed by atoms with Gasteiger partial charge in [0.15, 0.2) is 5.78 Å². The standard InChI is InChI=1S/C26H19ClO4/c27-19-13-11-18(12-14-19)22(16-20(28)15-10-17-6-2-1-3-7-17)24-25(29)21-8-4-5-9-23(21)31-26(24)30/h1-15,22,29H,16H2/b15-10+. The number of rotatable bonds is 6. The molecule has 4 aromatic rings. The Hall–Kier alpha value is -3.63. The van der Waals surface area contributed by atoms with Crippen LogP contribution in [0.4, 0.5) is 0 Å². The van der Waals surface area contributed by atoms with E-state index in [1.807, 2.05) is 30.3 Å². The molecule has 0 fully saturated rings. The van der Waals surface area contributed by atoms with E-state index in [0.29, 0.717) is 21.6 Å². The second kappa shape index (κ2) is 9.02. The van der Waals surface area contributed by atoms with Crippen LogP contribution in [0.5, 0.6) is 5.75 Å². The Morgan fingerprint density at radius 1 is 0.968 bits per heavy atom. The monoisotopic (exact) mass is 430 g/mol. The van der Waals surface area contributed by atoms with Crippen molar-refractivity contribution in [1.82, 2.24) is 0 Å². The molecule has 4 rings (SSSR count). The molecule has 1 N–H and O–H groups in total. The number of para-hydroxylation sites is 1. The Morgan fingerprint density at radius 2 is 1.65 bits per heavy atom. The molecular formula is C26H19ClO4. The number of allylic oxidation sites excluding steroid dienone is 1. The molecule has 0 amide bonds. The normalized spacial score (nSPS) is 12.3. The molecule has 3 aromatic carbocycles. The minimum absolute atomic E-state index is 0.0123. The Bertz CT molecular complexity index is 1310. The molecule has 1 aromatic heterocycles. The first-order chi connectivity index (χ1) is 15.0. The van der Waals surface area contributed by atoms with Crippen LogP contribution in [0, 0.1) is 0 Å². The molecule has 0 bridgehead atoms. The van der Waals surface area contributed by atoms with Gasteiger partial charge < -0.3 is 9.52 Å². The summed E-state index contributed by atoms with van der Waals surface area (Å²) in [5.41, 5.74) is 1.26. The van der Waals surface area contributed by atoms with Crippen LogP contribution in [0.25, 0.3) is 17.0 Å². The summed E-state index contributed by atoms with van der Waals surface area (Å²) in [6.07, 6.45) is 3.20. The maximum absolute atomic E-state index is 12.8. The Balaban J connectivity index is 1.76. The van der Waals surface area contributed by atoms with Crippen molar-refractivity contribution in [3.8, 4) is 5.75 Å². The number of hydrogen-bond acceptors (Lipinski definition) is 4. The van der Waals surface area contributed by atoms with E-state index in [1.54, 1.807) is 54.6 Å². The Kier molecular flexibility index (Phi) is 6.01. The quantitative estimate of drug-likeness (QED) is 0.303. The average molecular weight is 431 g/mol. The predicted molar refractivity (Wildman–Crippen MR) is 123 cm³/mol. The van der Waals surface area contributed by atoms with Gasteiger partial charge in [-0.15, -0.1) is 0 Å². The molecule has 0 aliphatic rings. The van der Waals surface area contributed by atoms with Gasteiger partial charge in [0, 0.05) is 17.4 Å². The van der Waals surface area contributed by atoms with Gasteiger partial charge in [-0.1, -0.05) is 72.3 Å². The molecule has 5 heteroatoms.